The highest BCUT2D eigenvalue weighted by Gasteiger charge is 2.21. The van der Waals surface area contributed by atoms with E-state index >= 15 is 0 Å². The molecule has 98 valence electrons. The highest BCUT2D eigenvalue weighted by atomic mass is 16.6. The summed E-state index contributed by atoms with van der Waals surface area (Å²) in [6.45, 7) is 5.17. The van der Waals surface area contributed by atoms with Crippen molar-refractivity contribution >= 4 is 5.97 Å². The van der Waals surface area contributed by atoms with Gasteiger partial charge in [0.1, 0.15) is 13.2 Å². The van der Waals surface area contributed by atoms with E-state index in [1.165, 1.54) is 0 Å². The predicted molar refractivity (Wildman–Crippen MR) is 67.3 cm³/mol. The normalized spacial score (nSPS) is 15.5. The number of carboxylic acids is 1. The van der Waals surface area contributed by atoms with Crippen molar-refractivity contribution < 1.29 is 19.4 Å². The minimum Gasteiger partial charge on any atom is -0.486 e. The molecule has 1 aliphatic heterocycles. The molecule has 0 saturated carbocycles. The molecule has 0 aliphatic carbocycles. The number of carboxylic acid groups (broad SMARTS) is 1. The first-order chi connectivity index (χ1) is 8.58. The van der Waals surface area contributed by atoms with Crippen molar-refractivity contribution in [2.24, 2.45) is 5.92 Å². The molecule has 0 spiro atoms. The summed E-state index contributed by atoms with van der Waals surface area (Å²) in [4.78, 5) is 10.9. The summed E-state index contributed by atoms with van der Waals surface area (Å²) in [5, 5.41) is 8.98. The summed E-state index contributed by atoms with van der Waals surface area (Å²) in [6, 6.07) is 5.70. The van der Waals surface area contributed by atoms with Crippen molar-refractivity contribution in [3.63, 3.8) is 0 Å². The molecule has 0 aromatic heterocycles. The molecule has 0 amide bonds. The maximum absolute atomic E-state index is 10.9. The number of rotatable bonds is 4. The highest BCUT2D eigenvalue weighted by Crippen LogP contribution is 2.36. The van der Waals surface area contributed by atoms with E-state index in [9.17, 15) is 4.79 Å². The summed E-state index contributed by atoms with van der Waals surface area (Å²) >= 11 is 0. The fourth-order valence-electron chi connectivity index (χ4n) is 2.22. The van der Waals surface area contributed by atoms with Gasteiger partial charge in [-0.3, -0.25) is 4.79 Å². The Labute approximate surface area is 107 Å². The van der Waals surface area contributed by atoms with Crippen LogP contribution in [0.4, 0.5) is 0 Å². The summed E-state index contributed by atoms with van der Waals surface area (Å²) in [6.07, 6.45) is 0.136. The fourth-order valence-corrected chi connectivity index (χ4v) is 2.22. The van der Waals surface area contributed by atoms with Crippen LogP contribution in [0.5, 0.6) is 11.5 Å². The van der Waals surface area contributed by atoms with E-state index in [-0.39, 0.29) is 18.3 Å². The van der Waals surface area contributed by atoms with Crippen molar-refractivity contribution in [3.05, 3.63) is 23.8 Å². The molecule has 1 aliphatic rings. The fraction of sp³-hybridized carbons (Fsp3) is 0.500. The lowest BCUT2D eigenvalue weighted by Gasteiger charge is -2.23. The van der Waals surface area contributed by atoms with Gasteiger partial charge in [0, 0.05) is 0 Å². The Morgan fingerprint density at radius 1 is 1.28 bits per heavy atom. The molecule has 1 N–H and O–H groups in total. The van der Waals surface area contributed by atoms with E-state index in [2.05, 4.69) is 0 Å². The minimum absolute atomic E-state index is 0.00155. The zero-order valence-electron chi connectivity index (χ0n) is 10.7. The SMILES string of the molecule is CC(C)C(CC(=O)O)c1ccc2c(c1)OCCO2. The number of carbonyl (C=O) groups is 1. The van der Waals surface area contributed by atoms with Crippen LogP contribution in [-0.4, -0.2) is 24.3 Å². The van der Waals surface area contributed by atoms with Crippen molar-refractivity contribution in [1.29, 1.82) is 0 Å². The topological polar surface area (TPSA) is 55.8 Å². The molecule has 0 radical (unpaired) electrons. The lowest BCUT2D eigenvalue weighted by Crippen LogP contribution is -2.17. The second-order valence-electron chi connectivity index (χ2n) is 4.85. The van der Waals surface area contributed by atoms with E-state index < -0.39 is 5.97 Å². The third-order valence-electron chi connectivity index (χ3n) is 3.19. The lowest BCUT2D eigenvalue weighted by atomic mass is 9.85. The number of ether oxygens (including phenoxy) is 2. The van der Waals surface area contributed by atoms with Gasteiger partial charge in [-0.25, -0.2) is 0 Å². The van der Waals surface area contributed by atoms with Gasteiger partial charge in [0.15, 0.2) is 11.5 Å². The van der Waals surface area contributed by atoms with Gasteiger partial charge >= 0.3 is 5.97 Å². The predicted octanol–water partition coefficient (Wildman–Crippen LogP) is 2.67. The molecule has 0 fully saturated rings. The molecule has 1 aromatic rings. The van der Waals surface area contributed by atoms with Crippen molar-refractivity contribution in [1.82, 2.24) is 0 Å². The minimum atomic E-state index is -0.774. The Kier molecular flexibility index (Phi) is 3.75. The number of hydrogen-bond donors (Lipinski definition) is 1. The zero-order chi connectivity index (χ0) is 13.1. The molecular weight excluding hydrogens is 232 g/mol. The van der Waals surface area contributed by atoms with Gasteiger partial charge in [-0.15, -0.1) is 0 Å². The summed E-state index contributed by atoms with van der Waals surface area (Å²) < 4.78 is 11.0. The van der Waals surface area contributed by atoms with Crippen LogP contribution in [0.2, 0.25) is 0 Å². The van der Waals surface area contributed by atoms with E-state index in [1.54, 1.807) is 0 Å². The lowest BCUT2D eigenvalue weighted by molar-refractivity contribution is -0.137. The Morgan fingerprint density at radius 3 is 2.56 bits per heavy atom. The van der Waals surface area contributed by atoms with Crippen LogP contribution in [0.15, 0.2) is 18.2 Å². The second kappa shape index (κ2) is 5.29. The van der Waals surface area contributed by atoms with Gasteiger partial charge in [-0.05, 0) is 29.5 Å². The molecule has 2 rings (SSSR count). The molecule has 1 aromatic carbocycles. The van der Waals surface area contributed by atoms with Crippen LogP contribution >= 0.6 is 0 Å². The molecule has 4 heteroatoms. The quantitative estimate of drug-likeness (QED) is 0.892. The molecule has 0 bridgehead atoms. The Hall–Kier alpha value is -1.71. The molecule has 18 heavy (non-hydrogen) atoms. The Balaban J connectivity index is 2.27. The van der Waals surface area contributed by atoms with Gasteiger partial charge in [0.05, 0.1) is 6.42 Å². The van der Waals surface area contributed by atoms with Crippen molar-refractivity contribution in [2.75, 3.05) is 13.2 Å². The number of hydrogen-bond acceptors (Lipinski definition) is 3. The van der Waals surface area contributed by atoms with Gasteiger partial charge < -0.3 is 14.6 Å². The first-order valence-corrected chi connectivity index (χ1v) is 6.19. The monoisotopic (exact) mass is 250 g/mol. The maximum atomic E-state index is 10.9. The van der Waals surface area contributed by atoms with Crippen molar-refractivity contribution in [3.8, 4) is 11.5 Å². The first kappa shape index (κ1) is 12.7. The number of aliphatic carboxylic acids is 1. The van der Waals surface area contributed by atoms with Crippen LogP contribution in [0.1, 0.15) is 31.7 Å². The van der Waals surface area contributed by atoms with Crippen LogP contribution < -0.4 is 9.47 Å². The third-order valence-corrected chi connectivity index (χ3v) is 3.19. The average molecular weight is 250 g/mol. The molecule has 1 unspecified atom stereocenters. The van der Waals surface area contributed by atoms with E-state index in [1.807, 2.05) is 32.0 Å². The Bertz CT molecular complexity index is 439. The summed E-state index contributed by atoms with van der Waals surface area (Å²) in [5.41, 5.74) is 0.997. The maximum Gasteiger partial charge on any atom is 0.303 e. The summed E-state index contributed by atoms with van der Waals surface area (Å²) in [7, 11) is 0. The summed E-state index contributed by atoms with van der Waals surface area (Å²) in [5.74, 6) is 0.947. The van der Waals surface area contributed by atoms with Gasteiger partial charge in [0.2, 0.25) is 0 Å². The van der Waals surface area contributed by atoms with E-state index in [4.69, 9.17) is 14.6 Å². The Morgan fingerprint density at radius 2 is 1.94 bits per heavy atom. The smallest absolute Gasteiger partial charge is 0.303 e. The average Bonchev–Trinajstić information content (AvgIpc) is 2.35. The third kappa shape index (κ3) is 2.75. The van der Waals surface area contributed by atoms with Crippen molar-refractivity contribution in [2.45, 2.75) is 26.2 Å². The van der Waals surface area contributed by atoms with Gasteiger partial charge in [0.25, 0.3) is 0 Å². The molecule has 0 saturated heterocycles. The molecule has 4 nitrogen and oxygen atoms in total. The largest absolute Gasteiger partial charge is 0.486 e. The standard InChI is InChI=1S/C14H18O4/c1-9(2)11(8-14(15)16)10-3-4-12-13(7-10)18-6-5-17-12/h3-4,7,9,11H,5-6,8H2,1-2H3,(H,15,16). The number of benzene rings is 1. The second-order valence-corrected chi connectivity index (χ2v) is 4.85. The van der Waals surface area contributed by atoms with Crippen LogP contribution in [0, 0.1) is 5.92 Å². The van der Waals surface area contributed by atoms with Crippen LogP contribution in [-0.2, 0) is 4.79 Å². The molecule has 1 heterocycles. The van der Waals surface area contributed by atoms with E-state index in [0.717, 1.165) is 17.1 Å². The van der Waals surface area contributed by atoms with Crippen LogP contribution in [0.3, 0.4) is 0 Å². The molecule has 1 atom stereocenters. The number of fused-ring (bicyclic) bond motifs is 1. The zero-order valence-corrected chi connectivity index (χ0v) is 10.7. The van der Waals surface area contributed by atoms with Gasteiger partial charge in [-0.1, -0.05) is 19.9 Å². The highest BCUT2D eigenvalue weighted by molar-refractivity contribution is 5.68. The van der Waals surface area contributed by atoms with Gasteiger partial charge in [-0.2, -0.15) is 0 Å². The van der Waals surface area contributed by atoms with Crippen LogP contribution in [0.25, 0.3) is 0 Å². The molecular formula is C14H18O4. The first-order valence-electron chi connectivity index (χ1n) is 6.19. The van der Waals surface area contributed by atoms with E-state index in [0.29, 0.717) is 13.2 Å².